The minimum absolute atomic E-state index is 0.779. The Kier molecular flexibility index (Phi) is 4.39. The van der Waals surface area contributed by atoms with Crippen LogP contribution in [0, 0.1) is 0 Å². The molecule has 0 spiro atoms. The Bertz CT molecular complexity index is 520. The molecular weight excluding hydrogens is 246 g/mol. The molecular formula is C14H18ClN3. The van der Waals surface area contributed by atoms with E-state index in [1.54, 1.807) is 0 Å². The fourth-order valence-electron chi connectivity index (χ4n) is 1.85. The molecule has 0 aliphatic rings. The summed E-state index contributed by atoms with van der Waals surface area (Å²) in [6.07, 6.45) is 3.87. The van der Waals surface area contributed by atoms with Crippen LogP contribution in [0.2, 0.25) is 5.02 Å². The first-order chi connectivity index (χ1) is 8.74. The number of nitrogens with one attached hydrogen (secondary N) is 1. The van der Waals surface area contributed by atoms with Gasteiger partial charge in [0, 0.05) is 35.4 Å². The van der Waals surface area contributed by atoms with Gasteiger partial charge >= 0.3 is 0 Å². The fraction of sp³-hybridized carbons (Fsp3) is 0.357. The van der Waals surface area contributed by atoms with E-state index in [1.807, 2.05) is 23.1 Å². The maximum Gasteiger partial charge on any atom is 0.0568 e. The minimum Gasteiger partial charge on any atom is -0.313 e. The molecule has 1 heterocycles. The van der Waals surface area contributed by atoms with E-state index in [1.165, 1.54) is 5.56 Å². The molecule has 0 saturated carbocycles. The van der Waals surface area contributed by atoms with Gasteiger partial charge in [0.15, 0.2) is 0 Å². The summed E-state index contributed by atoms with van der Waals surface area (Å²) in [6, 6.07) is 6.18. The highest BCUT2D eigenvalue weighted by atomic mass is 35.5. The summed E-state index contributed by atoms with van der Waals surface area (Å²) in [4.78, 5) is 0. The van der Waals surface area contributed by atoms with Crippen LogP contribution >= 0.6 is 11.6 Å². The van der Waals surface area contributed by atoms with Gasteiger partial charge in [-0.1, -0.05) is 30.7 Å². The number of aromatic nitrogens is 2. The lowest BCUT2D eigenvalue weighted by molar-refractivity contribution is 0.660. The second-order valence-corrected chi connectivity index (χ2v) is 4.59. The highest BCUT2D eigenvalue weighted by Crippen LogP contribution is 2.28. The Hall–Kier alpha value is -1.32. The summed E-state index contributed by atoms with van der Waals surface area (Å²) in [5.74, 6) is 0. The zero-order valence-corrected chi connectivity index (χ0v) is 11.5. The topological polar surface area (TPSA) is 29.9 Å². The largest absolute Gasteiger partial charge is 0.313 e. The van der Waals surface area contributed by atoms with Gasteiger partial charge in [-0.2, -0.15) is 5.10 Å². The lowest BCUT2D eigenvalue weighted by Crippen LogP contribution is -2.11. The molecule has 1 aromatic carbocycles. The van der Waals surface area contributed by atoms with Crippen molar-refractivity contribution >= 4 is 11.6 Å². The monoisotopic (exact) mass is 263 g/mol. The molecule has 0 unspecified atom stereocenters. The molecule has 3 nitrogen and oxygen atoms in total. The molecule has 1 N–H and O–H groups in total. The van der Waals surface area contributed by atoms with Crippen LogP contribution in [0.15, 0.2) is 30.6 Å². The van der Waals surface area contributed by atoms with Crippen LogP contribution in [0.3, 0.4) is 0 Å². The Morgan fingerprint density at radius 3 is 2.78 bits per heavy atom. The van der Waals surface area contributed by atoms with Crippen LogP contribution < -0.4 is 5.32 Å². The number of rotatable bonds is 5. The molecule has 0 radical (unpaired) electrons. The predicted octanol–water partition coefficient (Wildman–Crippen LogP) is 3.33. The quantitative estimate of drug-likeness (QED) is 0.897. The van der Waals surface area contributed by atoms with Gasteiger partial charge in [0.1, 0.15) is 0 Å². The maximum atomic E-state index is 6.33. The Labute approximate surface area is 113 Å². The first-order valence-electron chi connectivity index (χ1n) is 6.26. The molecule has 0 aliphatic carbocycles. The lowest BCUT2D eigenvalue weighted by Gasteiger charge is -2.06. The van der Waals surface area contributed by atoms with Gasteiger partial charge in [0.2, 0.25) is 0 Å². The van der Waals surface area contributed by atoms with Crippen molar-refractivity contribution in [3.8, 4) is 11.1 Å². The van der Waals surface area contributed by atoms with E-state index in [9.17, 15) is 0 Å². The number of aryl methyl sites for hydroxylation is 1. The number of hydrogen-bond acceptors (Lipinski definition) is 2. The molecule has 2 rings (SSSR count). The van der Waals surface area contributed by atoms with Crippen molar-refractivity contribution in [2.75, 3.05) is 6.54 Å². The normalized spacial score (nSPS) is 10.8. The van der Waals surface area contributed by atoms with E-state index < -0.39 is 0 Å². The van der Waals surface area contributed by atoms with E-state index >= 15 is 0 Å². The zero-order chi connectivity index (χ0) is 13.0. The summed E-state index contributed by atoms with van der Waals surface area (Å²) >= 11 is 6.33. The predicted molar refractivity (Wildman–Crippen MR) is 75.7 cm³/mol. The average molecular weight is 264 g/mol. The SMILES string of the molecule is CCNCc1ccc(-c2cnn(CC)c2)c(Cl)c1. The van der Waals surface area contributed by atoms with Crippen LogP contribution in [-0.4, -0.2) is 16.3 Å². The molecule has 0 bridgehead atoms. The summed E-state index contributed by atoms with van der Waals surface area (Å²) < 4.78 is 1.90. The zero-order valence-electron chi connectivity index (χ0n) is 10.8. The average Bonchev–Trinajstić information content (AvgIpc) is 2.85. The first-order valence-corrected chi connectivity index (χ1v) is 6.64. The summed E-state index contributed by atoms with van der Waals surface area (Å²) in [5.41, 5.74) is 3.31. The van der Waals surface area contributed by atoms with Crippen molar-refractivity contribution in [3.05, 3.63) is 41.2 Å². The Morgan fingerprint density at radius 2 is 2.17 bits per heavy atom. The third-order valence-electron chi connectivity index (χ3n) is 2.88. The van der Waals surface area contributed by atoms with Crippen LogP contribution in [0.1, 0.15) is 19.4 Å². The number of benzene rings is 1. The smallest absolute Gasteiger partial charge is 0.0568 e. The van der Waals surface area contributed by atoms with Crippen LogP contribution in [0.5, 0.6) is 0 Å². The maximum absolute atomic E-state index is 6.33. The van der Waals surface area contributed by atoms with Crippen molar-refractivity contribution in [2.45, 2.75) is 26.9 Å². The van der Waals surface area contributed by atoms with Gasteiger partial charge in [0.25, 0.3) is 0 Å². The molecule has 1 aromatic heterocycles. The summed E-state index contributed by atoms with van der Waals surface area (Å²) in [5, 5.41) is 8.34. The van der Waals surface area contributed by atoms with Crippen molar-refractivity contribution in [1.29, 1.82) is 0 Å². The van der Waals surface area contributed by atoms with Crippen molar-refractivity contribution in [1.82, 2.24) is 15.1 Å². The minimum atomic E-state index is 0.779. The first kappa shape index (κ1) is 13.1. The van der Waals surface area contributed by atoms with E-state index in [0.717, 1.165) is 35.8 Å². The molecule has 4 heteroatoms. The van der Waals surface area contributed by atoms with Gasteiger partial charge in [-0.3, -0.25) is 4.68 Å². The van der Waals surface area contributed by atoms with E-state index in [-0.39, 0.29) is 0 Å². The van der Waals surface area contributed by atoms with Crippen LogP contribution in [0.4, 0.5) is 0 Å². The van der Waals surface area contributed by atoms with Gasteiger partial charge in [0.05, 0.1) is 6.20 Å². The molecule has 2 aromatic rings. The molecule has 96 valence electrons. The van der Waals surface area contributed by atoms with Gasteiger partial charge in [-0.25, -0.2) is 0 Å². The van der Waals surface area contributed by atoms with Crippen molar-refractivity contribution in [2.24, 2.45) is 0 Å². The molecule has 0 aliphatic heterocycles. The number of hydrogen-bond donors (Lipinski definition) is 1. The third kappa shape index (κ3) is 2.92. The van der Waals surface area contributed by atoms with E-state index in [4.69, 9.17) is 11.6 Å². The van der Waals surface area contributed by atoms with Gasteiger partial charge < -0.3 is 5.32 Å². The van der Waals surface area contributed by atoms with Crippen LogP contribution in [0.25, 0.3) is 11.1 Å². The third-order valence-corrected chi connectivity index (χ3v) is 3.19. The van der Waals surface area contributed by atoms with E-state index in [2.05, 4.69) is 36.4 Å². The summed E-state index contributed by atoms with van der Waals surface area (Å²) in [6.45, 7) is 6.84. The lowest BCUT2D eigenvalue weighted by atomic mass is 10.1. The fourth-order valence-corrected chi connectivity index (χ4v) is 2.16. The second-order valence-electron chi connectivity index (χ2n) is 4.18. The molecule has 18 heavy (non-hydrogen) atoms. The van der Waals surface area contributed by atoms with Gasteiger partial charge in [-0.15, -0.1) is 0 Å². The standard InChI is InChI=1S/C14H18ClN3/c1-3-16-8-11-5-6-13(14(15)7-11)12-9-17-18(4-2)10-12/h5-7,9-10,16H,3-4,8H2,1-2H3. The number of halogens is 1. The molecule has 0 saturated heterocycles. The second kappa shape index (κ2) is 6.03. The molecule has 0 atom stereocenters. The Morgan fingerprint density at radius 1 is 1.33 bits per heavy atom. The van der Waals surface area contributed by atoms with E-state index in [0.29, 0.717) is 0 Å². The summed E-state index contributed by atoms with van der Waals surface area (Å²) in [7, 11) is 0. The van der Waals surface area contributed by atoms with Crippen molar-refractivity contribution in [3.63, 3.8) is 0 Å². The Balaban J connectivity index is 2.23. The van der Waals surface area contributed by atoms with Gasteiger partial charge in [-0.05, 0) is 25.1 Å². The molecule has 0 amide bonds. The van der Waals surface area contributed by atoms with Crippen LogP contribution in [-0.2, 0) is 13.1 Å². The highest BCUT2D eigenvalue weighted by Gasteiger charge is 2.06. The van der Waals surface area contributed by atoms with Crippen molar-refractivity contribution < 1.29 is 0 Å². The molecule has 0 fully saturated rings. The highest BCUT2D eigenvalue weighted by molar-refractivity contribution is 6.33. The number of nitrogens with zero attached hydrogens (tertiary/aromatic N) is 2.